The van der Waals surface area contributed by atoms with E-state index in [1.807, 2.05) is 12.1 Å². The summed E-state index contributed by atoms with van der Waals surface area (Å²) in [6.45, 7) is -0.246. The van der Waals surface area contributed by atoms with Crippen molar-refractivity contribution in [3.63, 3.8) is 0 Å². The van der Waals surface area contributed by atoms with Crippen molar-refractivity contribution in [2.75, 3.05) is 11.9 Å². The largest absolute Gasteiger partial charge is 0.394 e. The Bertz CT molecular complexity index is 1220. The number of hydrogen-bond acceptors (Lipinski definition) is 6. The molecule has 3 aliphatic rings. The van der Waals surface area contributed by atoms with Gasteiger partial charge in [-0.15, -0.1) is 0 Å². The third-order valence-electron chi connectivity index (χ3n) is 7.15. The van der Waals surface area contributed by atoms with Crippen LogP contribution in [0.3, 0.4) is 0 Å². The summed E-state index contributed by atoms with van der Waals surface area (Å²) >= 11 is 0. The maximum absolute atomic E-state index is 13.4. The number of carbonyl (C=O) groups is 1. The van der Waals surface area contributed by atoms with Crippen molar-refractivity contribution in [3.8, 4) is 0 Å². The van der Waals surface area contributed by atoms with Crippen LogP contribution in [0.15, 0.2) is 41.4 Å². The first-order valence-corrected chi connectivity index (χ1v) is 14.1. The first-order valence-electron chi connectivity index (χ1n) is 12.6. The van der Waals surface area contributed by atoms with Gasteiger partial charge in [0.05, 0.1) is 29.4 Å². The van der Waals surface area contributed by atoms with Crippen LogP contribution in [0.4, 0.5) is 5.82 Å². The van der Waals surface area contributed by atoms with Crippen LogP contribution < -0.4 is 5.32 Å². The van der Waals surface area contributed by atoms with Gasteiger partial charge in [-0.1, -0.05) is 25.0 Å². The molecule has 9 heteroatoms. The van der Waals surface area contributed by atoms with Gasteiger partial charge in [-0.2, -0.15) is 5.10 Å². The minimum atomic E-state index is -3.32. The Labute approximate surface area is 206 Å². The first kappa shape index (κ1) is 24.2. The number of anilines is 1. The summed E-state index contributed by atoms with van der Waals surface area (Å²) in [6.07, 6.45) is 10.5. The second-order valence-electron chi connectivity index (χ2n) is 10.1. The van der Waals surface area contributed by atoms with Gasteiger partial charge in [0.1, 0.15) is 0 Å². The third-order valence-corrected chi connectivity index (χ3v) is 9.48. The highest BCUT2D eigenvalue weighted by atomic mass is 32.2. The molecule has 8 nitrogen and oxygen atoms in total. The SMILES string of the molecule is O=C(Nc1ccn(C[C@@H](O)CO)n1)C(=CC1CCCC1)c1ccc(S(=O)(=O)C2CC2)c(C2CC2)c1. The molecule has 0 radical (unpaired) electrons. The van der Waals surface area contributed by atoms with Gasteiger partial charge in [-0.05, 0) is 73.6 Å². The Hall–Kier alpha value is -2.49. The highest BCUT2D eigenvalue weighted by Crippen LogP contribution is 2.46. The van der Waals surface area contributed by atoms with Crippen molar-refractivity contribution in [3.05, 3.63) is 47.7 Å². The number of aliphatic hydroxyl groups excluding tert-OH is 2. The Morgan fingerprint density at radius 3 is 2.54 bits per heavy atom. The first-order chi connectivity index (χ1) is 16.8. The van der Waals surface area contributed by atoms with Crippen LogP contribution in [0.25, 0.3) is 5.57 Å². The van der Waals surface area contributed by atoms with E-state index in [9.17, 15) is 18.3 Å². The summed E-state index contributed by atoms with van der Waals surface area (Å²) in [5.41, 5.74) is 2.13. The standard InChI is InChI=1S/C26H33N3O5S/c30-16-20(31)15-29-12-11-25(28-29)27-26(32)23(13-17-3-1-2-4-17)19-7-10-24(22(14-19)18-5-6-18)35(33,34)21-8-9-21/h7,10-14,17-18,20-21,30-31H,1-6,8-9,15-16H2,(H,27,28,32)/t20-/m1/s1. The van der Waals surface area contributed by atoms with Gasteiger partial charge in [0.25, 0.3) is 5.91 Å². The summed E-state index contributed by atoms with van der Waals surface area (Å²) in [6, 6.07) is 7.05. The predicted octanol–water partition coefficient (Wildman–Crippen LogP) is 3.26. The number of aromatic nitrogens is 2. The molecule has 3 N–H and O–H groups in total. The van der Waals surface area contributed by atoms with Crippen molar-refractivity contribution in [2.45, 2.75) is 80.1 Å². The Kier molecular flexibility index (Phi) is 6.83. The zero-order chi connectivity index (χ0) is 24.6. The highest BCUT2D eigenvalue weighted by molar-refractivity contribution is 7.92. The molecule has 0 unspecified atom stereocenters. The van der Waals surface area contributed by atoms with E-state index in [0.29, 0.717) is 22.2 Å². The molecule has 3 fully saturated rings. The molecule has 1 aromatic carbocycles. The number of hydrogen-bond donors (Lipinski definition) is 3. The van der Waals surface area contributed by atoms with E-state index in [1.165, 1.54) is 4.68 Å². The van der Waals surface area contributed by atoms with E-state index in [0.717, 1.165) is 62.5 Å². The summed E-state index contributed by atoms with van der Waals surface area (Å²) in [4.78, 5) is 13.9. The van der Waals surface area contributed by atoms with Gasteiger partial charge < -0.3 is 15.5 Å². The van der Waals surface area contributed by atoms with Gasteiger partial charge in [0.15, 0.2) is 15.7 Å². The molecule has 1 atom stereocenters. The summed E-state index contributed by atoms with van der Waals surface area (Å²) in [7, 11) is -3.32. The third kappa shape index (κ3) is 5.52. The van der Waals surface area contributed by atoms with E-state index in [-0.39, 0.29) is 30.2 Å². The van der Waals surface area contributed by atoms with Crippen LogP contribution in [0.5, 0.6) is 0 Å². The second-order valence-corrected chi connectivity index (χ2v) is 12.3. The fourth-order valence-corrected chi connectivity index (χ4v) is 6.82. The number of sulfone groups is 1. The molecule has 3 saturated carbocycles. The maximum atomic E-state index is 13.4. The van der Waals surface area contributed by atoms with Crippen molar-refractivity contribution in [1.29, 1.82) is 0 Å². The Morgan fingerprint density at radius 2 is 1.89 bits per heavy atom. The van der Waals surface area contributed by atoms with Gasteiger partial charge in [-0.25, -0.2) is 8.42 Å². The molecule has 1 heterocycles. The highest BCUT2D eigenvalue weighted by Gasteiger charge is 2.40. The molecule has 0 saturated heterocycles. The zero-order valence-corrected chi connectivity index (χ0v) is 20.6. The van der Waals surface area contributed by atoms with Crippen LogP contribution in [0.1, 0.15) is 68.4 Å². The average molecular weight is 500 g/mol. The second kappa shape index (κ2) is 9.87. The molecule has 5 rings (SSSR count). The van der Waals surface area contributed by atoms with Gasteiger partial charge in [0, 0.05) is 17.8 Å². The Morgan fingerprint density at radius 1 is 1.14 bits per heavy atom. The van der Waals surface area contributed by atoms with E-state index >= 15 is 0 Å². The number of nitrogens with zero attached hydrogens (tertiary/aromatic N) is 2. The minimum Gasteiger partial charge on any atom is -0.394 e. The number of aliphatic hydroxyl groups is 2. The number of carbonyl (C=O) groups excluding carboxylic acids is 1. The summed E-state index contributed by atoms with van der Waals surface area (Å²) in [5.74, 6) is 0.618. The molecule has 3 aliphatic carbocycles. The van der Waals surface area contributed by atoms with Gasteiger partial charge in [0.2, 0.25) is 0 Å². The smallest absolute Gasteiger partial charge is 0.257 e. The molecule has 1 amide bonds. The lowest BCUT2D eigenvalue weighted by molar-refractivity contribution is -0.111. The molecule has 0 spiro atoms. The van der Waals surface area contributed by atoms with Crippen LogP contribution in [-0.2, 0) is 21.2 Å². The number of nitrogens with one attached hydrogen (secondary N) is 1. The van der Waals surface area contributed by atoms with Crippen LogP contribution >= 0.6 is 0 Å². The van der Waals surface area contributed by atoms with E-state index < -0.39 is 15.9 Å². The van der Waals surface area contributed by atoms with Crippen molar-refractivity contribution >= 4 is 27.1 Å². The van der Waals surface area contributed by atoms with Crippen LogP contribution in [-0.4, -0.2) is 52.3 Å². The van der Waals surface area contributed by atoms with E-state index in [1.54, 1.807) is 24.4 Å². The monoisotopic (exact) mass is 499 g/mol. The predicted molar refractivity (Wildman–Crippen MR) is 133 cm³/mol. The number of benzene rings is 1. The topological polar surface area (TPSA) is 122 Å². The molecule has 188 valence electrons. The summed E-state index contributed by atoms with van der Waals surface area (Å²) < 4.78 is 27.6. The van der Waals surface area contributed by atoms with E-state index in [4.69, 9.17) is 5.11 Å². The molecule has 0 aliphatic heterocycles. The van der Waals surface area contributed by atoms with Crippen LogP contribution in [0.2, 0.25) is 0 Å². The lowest BCUT2D eigenvalue weighted by Crippen LogP contribution is -2.20. The Balaban J connectivity index is 1.44. The molecule has 0 bridgehead atoms. The normalized spacial score (nSPS) is 20.2. The fourth-order valence-electron chi connectivity index (χ4n) is 4.90. The summed E-state index contributed by atoms with van der Waals surface area (Å²) in [5, 5.41) is 25.6. The minimum absolute atomic E-state index is 0.124. The van der Waals surface area contributed by atoms with Crippen LogP contribution in [0, 0.1) is 5.92 Å². The van der Waals surface area contributed by atoms with Gasteiger partial charge in [-0.3, -0.25) is 9.48 Å². The van der Waals surface area contributed by atoms with Crippen molar-refractivity contribution < 1.29 is 23.4 Å². The lowest BCUT2D eigenvalue weighted by Gasteiger charge is -2.15. The van der Waals surface area contributed by atoms with Crippen molar-refractivity contribution in [2.24, 2.45) is 5.92 Å². The van der Waals surface area contributed by atoms with Crippen molar-refractivity contribution in [1.82, 2.24) is 9.78 Å². The molecule has 2 aromatic rings. The lowest BCUT2D eigenvalue weighted by atomic mass is 9.96. The quantitative estimate of drug-likeness (QED) is 0.432. The number of rotatable bonds is 10. The molecular weight excluding hydrogens is 466 g/mol. The number of amides is 1. The molecule has 1 aromatic heterocycles. The maximum Gasteiger partial charge on any atom is 0.257 e. The number of allylic oxidation sites excluding steroid dienone is 1. The fraction of sp³-hybridized carbons (Fsp3) is 0.538. The molecule has 35 heavy (non-hydrogen) atoms. The van der Waals surface area contributed by atoms with E-state index in [2.05, 4.69) is 10.4 Å². The molecular formula is C26H33N3O5S. The zero-order valence-electron chi connectivity index (χ0n) is 19.8. The average Bonchev–Trinajstić information content (AvgIpc) is 3.77. The van der Waals surface area contributed by atoms with Gasteiger partial charge >= 0.3 is 0 Å².